The Kier molecular flexibility index (Phi) is 5.53. The van der Waals surface area contributed by atoms with Crippen molar-refractivity contribution in [2.45, 2.75) is 37.3 Å². The summed E-state index contributed by atoms with van der Waals surface area (Å²) in [6.07, 6.45) is 2.46. The van der Waals surface area contributed by atoms with Gasteiger partial charge in [-0.15, -0.1) is 11.8 Å². The molecule has 19 heavy (non-hydrogen) atoms. The van der Waals surface area contributed by atoms with Gasteiger partial charge in [0, 0.05) is 10.6 Å². The first kappa shape index (κ1) is 14.2. The van der Waals surface area contributed by atoms with Crippen LogP contribution in [-0.2, 0) is 12.2 Å². The average Bonchev–Trinajstić information content (AvgIpc) is 2.45. The number of aryl methyl sites for hydroxylation is 1. The van der Waals surface area contributed by atoms with E-state index in [1.54, 1.807) is 0 Å². The zero-order chi connectivity index (χ0) is 13.5. The van der Waals surface area contributed by atoms with E-state index in [9.17, 15) is 0 Å². The molecule has 2 rings (SSSR count). The summed E-state index contributed by atoms with van der Waals surface area (Å²) in [7, 11) is 0. The molecular weight excluding hydrogens is 248 g/mol. The van der Waals surface area contributed by atoms with Crippen molar-refractivity contribution in [1.29, 1.82) is 0 Å². The second-order valence-electron chi connectivity index (χ2n) is 5.31. The van der Waals surface area contributed by atoms with Crippen LogP contribution in [0, 0.1) is 5.92 Å². The van der Waals surface area contributed by atoms with Crippen molar-refractivity contribution in [1.82, 2.24) is 0 Å². The fraction of sp³-hybridized carbons (Fsp3) is 0.333. The van der Waals surface area contributed by atoms with E-state index in [0.717, 1.165) is 11.7 Å². The molecule has 0 N–H and O–H groups in total. The minimum absolute atomic E-state index is 0.771. The minimum atomic E-state index is 0.771. The van der Waals surface area contributed by atoms with Crippen LogP contribution in [0.3, 0.4) is 0 Å². The molecule has 0 aliphatic heterocycles. The van der Waals surface area contributed by atoms with Crippen LogP contribution in [-0.4, -0.2) is 0 Å². The molecule has 0 saturated heterocycles. The molecule has 2 aromatic rings. The molecule has 0 heterocycles. The molecule has 100 valence electrons. The first-order valence-electron chi connectivity index (χ1n) is 7.00. The molecule has 0 radical (unpaired) electrons. The van der Waals surface area contributed by atoms with Crippen LogP contribution in [0.5, 0.6) is 0 Å². The summed E-state index contributed by atoms with van der Waals surface area (Å²) in [5.41, 5.74) is 2.89. The third-order valence-electron chi connectivity index (χ3n) is 3.20. The van der Waals surface area contributed by atoms with Gasteiger partial charge >= 0.3 is 0 Å². The first-order valence-corrected chi connectivity index (χ1v) is 7.99. The number of hydrogen-bond donors (Lipinski definition) is 0. The van der Waals surface area contributed by atoms with E-state index in [2.05, 4.69) is 68.4 Å². The minimum Gasteiger partial charge on any atom is -0.121 e. The molecule has 0 bridgehead atoms. The maximum absolute atomic E-state index is 2.29. The summed E-state index contributed by atoms with van der Waals surface area (Å²) in [6.45, 7) is 4.58. The molecule has 0 aliphatic carbocycles. The maximum atomic E-state index is 2.29. The summed E-state index contributed by atoms with van der Waals surface area (Å²) in [5.74, 6) is 1.83. The molecule has 0 fully saturated rings. The fourth-order valence-electron chi connectivity index (χ4n) is 2.03. The predicted molar refractivity (Wildman–Crippen MR) is 85.6 cm³/mol. The Hall–Kier alpha value is -1.21. The second-order valence-corrected chi connectivity index (χ2v) is 6.33. The lowest BCUT2D eigenvalue weighted by Crippen LogP contribution is -1.94. The lowest BCUT2D eigenvalue weighted by molar-refractivity contribution is 0.584. The molecule has 2 aromatic carbocycles. The largest absolute Gasteiger partial charge is 0.121 e. The molecule has 0 unspecified atom stereocenters. The van der Waals surface area contributed by atoms with Gasteiger partial charge in [-0.1, -0.05) is 62.4 Å². The second kappa shape index (κ2) is 7.40. The standard InChI is InChI=1S/C18H22S/c1-15(2)12-13-17-10-6-7-11-18(17)19-14-16-8-4-3-5-9-16/h3-11,15H,12-14H2,1-2H3. The molecular formula is C18H22S. The lowest BCUT2D eigenvalue weighted by atomic mass is 10.0. The molecule has 0 atom stereocenters. The summed E-state index contributed by atoms with van der Waals surface area (Å²) < 4.78 is 0. The zero-order valence-electron chi connectivity index (χ0n) is 11.8. The Morgan fingerprint density at radius 1 is 0.895 bits per heavy atom. The van der Waals surface area contributed by atoms with E-state index < -0.39 is 0 Å². The SMILES string of the molecule is CC(C)CCc1ccccc1SCc1ccccc1. The van der Waals surface area contributed by atoms with Crippen LogP contribution in [0.4, 0.5) is 0 Å². The topological polar surface area (TPSA) is 0 Å². The van der Waals surface area contributed by atoms with E-state index in [1.807, 2.05) is 11.8 Å². The Morgan fingerprint density at radius 3 is 2.32 bits per heavy atom. The van der Waals surface area contributed by atoms with Crippen LogP contribution in [0.15, 0.2) is 59.5 Å². The normalized spacial score (nSPS) is 10.9. The lowest BCUT2D eigenvalue weighted by Gasteiger charge is -2.10. The van der Waals surface area contributed by atoms with Crippen LogP contribution in [0.25, 0.3) is 0 Å². The predicted octanol–water partition coefficient (Wildman–Crippen LogP) is 5.57. The quantitative estimate of drug-likeness (QED) is 0.619. The van der Waals surface area contributed by atoms with Crippen LogP contribution >= 0.6 is 11.8 Å². The molecule has 0 saturated carbocycles. The molecule has 0 spiro atoms. The highest BCUT2D eigenvalue weighted by atomic mass is 32.2. The van der Waals surface area contributed by atoms with Gasteiger partial charge in [-0.05, 0) is 36.0 Å². The third-order valence-corrected chi connectivity index (χ3v) is 4.39. The monoisotopic (exact) mass is 270 g/mol. The van der Waals surface area contributed by atoms with Gasteiger partial charge in [0.25, 0.3) is 0 Å². The zero-order valence-corrected chi connectivity index (χ0v) is 12.6. The third kappa shape index (κ3) is 4.76. The first-order chi connectivity index (χ1) is 9.25. The van der Waals surface area contributed by atoms with Crippen molar-refractivity contribution in [3.8, 4) is 0 Å². The maximum Gasteiger partial charge on any atom is 0.0232 e. The van der Waals surface area contributed by atoms with Crippen molar-refractivity contribution in [2.75, 3.05) is 0 Å². The molecule has 0 nitrogen and oxygen atoms in total. The van der Waals surface area contributed by atoms with E-state index in [4.69, 9.17) is 0 Å². The number of benzene rings is 2. The van der Waals surface area contributed by atoms with Gasteiger partial charge in [-0.2, -0.15) is 0 Å². The average molecular weight is 270 g/mol. The van der Waals surface area contributed by atoms with Crippen molar-refractivity contribution >= 4 is 11.8 Å². The number of hydrogen-bond acceptors (Lipinski definition) is 1. The van der Waals surface area contributed by atoms with Crippen LogP contribution in [0.2, 0.25) is 0 Å². The highest BCUT2D eigenvalue weighted by Gasteiger charge is 2.04. The van der Waals surface area contributed by atoms with Crippen molar-refractivity contribution < 1.29 is 0 Å². The number of thioether (sulfide) groups is 1. The van der Waals surface area contributed by atoms with Gasteiger partial charge in [0.15, 0.2) is 0 Å². The molecule has 0 aliphatic rings. The molecule has 0 amide bonds. The van der Waals surface area contributed by atoms with Crippen LogP contribution in [0.1, 0.15) is 31.4 Å². The smallest absolute Gasteiger partial charge is 0.0232 e. The Bertz CT molecular complexity index is 488. The van der Waals surface area contributed by atoms with E-state index >= 15 is 0 Å². The van der Waals surface area contributed by atoms with Crippen molar-refractivity contribution in [2.24, 2.45) is 5.92 Å². The van der Waals surface area contributed by atoms with Gasteiger partial charge in [0.1, 0.15) is 0 Å². The van der Waals surface area contributed by atoms with Gasteiger partial charge in [-0.25, -0.2) is 0 Å². The summed E-state index contributed by atoms with van der Waals surface area (Å²) >= 11 is 1.95. The highest BCUT2D eigenvalue weighted by Crippen LogP contribution is 2.27. The molecule has 1 heteroatoms. The Morgan fingerprint density at radius 2 is 1.58 bits per heavy atom. The van der Waals surface area contributed by atoms with E-state index in [-0.39, 0.29) is 0 Å². The summed E-state index contributed by atoms with van der Waals surface area (Å²) in [6, 6.07) is 19.5. The fourth-order valence-corrected chi connectivity index (χ4v) is 3.08. The Balaban J connectivity index is 1.99. The van der Waals surface area contributed by atoms with Gasteiger partial charge in [-0.3, -0.25) is 0 Å². The van der Waals surface area contributed by atoms with Gasteiger partial charge < -0.3 is 0 Å². The summed E-state index contributed by atoms with van der Waals surface area (Å²) in [5, 5.41) is 0. The Labute approximate surface area is 121 Å². The van der Waals surface area contributed by atoms with Gasteiger partial charge in [0.05, 0.1) is 0 Å². The number of rotatable bonds is 6. The van der Waals surface area contributed by atoms with E-state index in [1.165, 1.54) is 28.9 Å². The van der Waals surface area contributed by atoms with Gasteiger partial charge in [0.2, 0.25) is 0 Å². The van der Waals surface area contributed by atoms with Crippen molar-refractivity contribution in [3.05, 3.63) is 65.7 Å². The summed E-state index contributed by atoms with van der Waals surface area (Å²) in [4.78, 5) is 1.44. The van der Waals surface area contributed by atoms with E-state index in [0.29, 0.717) is 0 Å². The van der Waals surface area contributed by atoms with Crippen LogP contribution < -0.4 is 0 Å². The highest BCUT2D eigenvalue weighted by molar-refractivity contribution is 7.98. The molecule has 0 aromatic heterocycles. The van der Waals surface area contributed by atoms with Crippen molar-refractivity contribution in [3.63, 3.8) is 0 Å².